The Kier molecular flexibility index (Phi) is 4.82. The van der Waals surface area contributed by atoms with E-state index >= 15 is 0 Å². The molecule has 1 fully saturated rings. The van der Waals surface area contributed by atoms with Crippen LogP contribution in [0.1, 0.15) is 18.4 Å². The van der Waals surface area contributed by atoms with Gasteiger partial charge in [0.05, 0.1) is 12.6 Å². The molecular weight excluding hydrogens is 354 g/mol. The average Bonchev–Trinajstić information content (AvgIpc) is 3.11. The number of halogens is 1. The highest BCUT2D eigenvalue weighted by Crippen LogP contribution is 2.25. The lowest BCUT2D eigenvalue weighted by Crippen LogP contribution is -2.24. The lowest BCUT2D eigenvalue weighted by Gasteiger charge is -2.11. The number of aromatic amines is 1. The van der Waals surface area contributed by atoms with Crippen molar-refractivity contribution in [3.63, 3.8) is 0 Å². The highest BCUT2D eigenvalue weighted by molar-refractivity contribution is 9.10. The van der Waals surface area contributed by atoms with Crippen LogP contribution in [0, 0.1) is 0 Å². The van der Waals surface area contributed by atoms with Gasteiger partial charge in [-0.25, -0.2) is 9.89 Å². The molecule has 1 aliphatic heterocycles. The first-order chi connectivity index (χ1) is 10.2. The summed E-state index contributed by atoms with van der Waals surface area (Å²) in [7, 11) is 0. The predicted molar refractivity (Wildman–Crippen MR) is 85.5 cm³/mol. The highest BCUT2D eigenvalue weighted by Gasteiger charge is 2.19. The molecule has 1 aromatic carbocycles. The van der Waals surface area contributed by atoms with Crippen molar-refractivity contribution < 1.29 is 4.74 Å². The summed E-state index contributed by atoms with van der Waals surface area (Å²) >= 11 is 5.09. The fourth-order valence-corrected chi connectivity index (χ4v) is 3.89. The minimum Gasteiger partial charge on any atom is -0.376 e. The van der Waals surface area contributed by atoms with Gasteiger partial charge in [-0.2, -0.15) is 0 Å². The Morgan fingerprint density at radius 2 is 2.33 bits per heavy atom. The monoisotopic (exact) mass is 369 g/mol. The smallest absolute Gasteiger partial charge is 0.344 e. The highest BCUT2D eigenvalue weighted by atomic mass is 79.9. The fourth-order valence-electron chi connectivity index (χ4n) is 2.32. The Morgan fingerprint density at radius 1 is 1.48 bits per heavy atom. The molecule has 1 aromatic heterocycles. The van der Waals surface area contributed by atoms with Gasteiger partial charge in [0.15, 0.2) is 5.16 Å². The Bertz CT molecular complexity index is 664. The van der Waals surface area contributed by atoms with Crippen molar-refractivity contribution in [1.29, 1.82) is 0 Å². The molecule has 1 unspecified atom stereocenters. The average molecular weight is 370 g/mol. The third-order valence-electron chi connectivity index (χ3n) is 3.45. The van der Waals surface area contributed by atoms with E-state index in [1.165, 1.54) is 5.56 Å². The van der Waals surface area contributed by atoms with Crippen LogP contribution in [0.5, 0.6) is 0 Å². The van der Waals surface area contributed by atoms with Crippen LogP contribution in [0.3, 0.4) is 0 Å². The Labute approximate surface area is 135 Å². The van der Waals surface area contributed by atoms with Crippen molar-refractivity contribution in [2.45, 2.75) is 36.4 Å². The summed E-state index contributed by atoms with van der Waals surface area (Å²) in [5, 5.41) is 7.37. The Balaban J connectivity index is 1.71. The molecule has 0 aliphatic carbocycles. The molecule has 7 heteroatoms. The molecule has 1 aliphatic rings. The molecule has 0 saturated carbocycles. The van der Waals surface area contributed by atoms with Crippen molar-refractivity contribution in [3.05, 3.63) is 44.8 Å². The minimum absolute atomic E-state index is 0.128. The zero-order valence-corrected chi connectivity index (χ0v) is 13.8. The number of H-pyrrole nitrogens is 1. The summed E-state index contributed by atoms with van der Waals surface area (Å²) < 4.78 is 8.35. The lowest BCUT2D eigenvalue weighted by atomic mass is 10.2. The molecule has 0 radical (unpaired) electrons. The predicted octanol–water partition coefficient (Wildman–Crippen LogP) is 2.81. The zero-order chi connectivity index (χ0) is 14.7. The van der Waals surface area contributed by atoms with Crippen LogP contribution in [0.4, 0.5) is 0 Å². The van der Waals surface area contributed by atoms with Gasteiger partial charge in [0.2, 0.25) is 0 Å². The lowest BCUT2D eigenvalue weighted by molar-refractivity contribution is 0.0941. The van der Waals surface area contributed by atoms with Crippen LogP contribution >= 0.6 is 27.7 Å². The minimum atomic E-state index is -0.167. The van der Waals surface area contributed by atoms with Gasteiger partial charge in [-0.1, -0.05) is 45.9 Å². The quantitative estimate of drug-likeness (QED) is 0.823. The number of hydrogen-bond donors (Lipinski definition) is 1. The normalized spacial score (nSPS) is 18.2. The third kappa shape index (κ3) is 3.59. The van der Waals surface area contributed by atoms with Crippen molar-refractivity contribution in [1.82, 2.24) is 14.8 Å². The second kappa shape index (κ2) is 6.81. The molecule has 2 aromatic rings. The number of nitrogens with zero attached hydrogens (tertiary/aromatic N) is 2. The van der Waals surface area contributed by atoms with E-state index < -0.39 is 0 Å². The van der Waals surface area contributed by atoms with E-state index in [9.17, 15) is 4.79 Å². The van der Waals surface area contributed by atoms with Gasteiger partial charge in [0, 0.05) is 16.8 Å². The Morgan fingerprint density at radius 3 is 3.10 bits per heavy atom. The molecule has 21 heavy (non-hydrogen) atoms. The van der Waals surface area contributed by atoms with Crippen molar-refractivity contribution in [3.8, 4) is 0 Å². The first kappa shape index (κ1) is 14.9. The molecule has 0 amide bonds. The van der Waals surface area contributed by atoms with Gasteiger partial charge >= 0.3 is 5.69 Å². The van der Waals surface area contributed by atoms with Gasteiger partial charge in [-0.05, 0) is 24.5 Å². The molecule has 5 nitrogen and oxygen atoms in total. The molecule has 0 spiro atoms. The topological polar surface area (TPSA) is 59.9 Å². The van der Waals surface area contributed by atoms with Gasteiger partial charge in [-0.3, -0.25) is 4.57 Å². The van der Waals surface area contributed by atoms with Gasteiger partial charge < -0.3 is 4.74 Å². The van der Waals surface area contributed by atoms with Crippen molar-refractivity contribution >= 4 is 27.7 Å². The maximum Gasteiger partial charge on any atom is 0.344 e. The summed E-state index contributed by atoms with van der Waals surface area (Å²) in [5.41, 5.74) is 1.02. The van der Waals surface area contributed by atoms with E-state index in [4.69, 9.17) is 4.74 Å². The zero-order valence-electron chi connectivity index (χ0n) is 11.4. The standard InChI is InChI=1S/C14H16BrN3O2S/c15-12-6-2-1-4-10(12)9-21-14-17-16-13(19)18(14)8-11-5-3-7-20-11/h1-2,4,6,11H,3,5,7-9H2,(H,16,19). The number of rotatable bonds is 5. The molecular formula is C14H16BrN3O2S. The number of nitrogens with one attached hydrogen (secondary N) is 1. The summed E-state index contributed by atoms with van der Waals surface area (Å²) in [6, 6.07) is 8.07. The van der Waals surface area contributed by atoms with Crippen molar-refractivity contribution in [2.75, 3.05) is 6.61 Å². The molecule has 0 bridgehead atoms. The maximum absolute atomic E-state index is 11.9. The van der Waals surface area contributed by atoms with Crippen LogP contribution in [0.2, 0.25) is 0 Å². The second-order valence-electron chi connectivity index (χ2n) is 4.94. The summed E-state index contributed by atoms with van der Waals surface area (Å²) in [6.07, 6.45) is 2.20. The van der Waals surface area contributed by atoms with Crippen molar-refractivity contribution in [2.24, 2.45) is 0 Å². The van der Waals surface area contributed by atoms with Crippen LogP contribution in [0.15, 0.2) is 38.7 Å². The number of hydrogen-bond acceptors (Lipinski definition) is 4. The van der Waals surface area contributed by atoms with E-state index in [2.05, 4.69) is 32.2 Å². The fraction of sp³-hybridized carbons (Fsp3) is 0.429. The largest absolute Gasteiger partial charge is 0.376 e. The number of thioether (sulfide) groups is 1. The first-order valence-electron chi connectivity index (χ1n) is 6.87. The number of ether oxygens (including phenoxy) is 1. The molecule has 2 heterocycles. The van der Waals surface area contributed by atoms with Crippen LogP contribution in [0.25, 0.3) is 0 Å². The molecule has 1 N–H and O–H groups in total. The summed E-state index contributed by atoms with van der Waals surface area (Å²) in [4.78, 5) is 11.9. The first-order valence-corrected chi connectivity index (χ1v) is 8.65. The van der Waals surface area contributed by atoms with Gasteiger partial charge in [0.1, 0.15) is 0 Å². The molecule has 1 atom stereocenters. The number of aromatic nitrogens is 3. The SMILES string of the molecule is O=c1[nH]nc(SCc2ccccc2Br)n1CC1CCCO1. The second-order valence-corrected chi connectivity index (χ2v) is 6.73. The number of benzene rings is 1. The third-order valence-corrected chi connectivity index (χ3v) is 5.25. The van der Waals surface area contributed by atoms with Crippen LogP contribution < -0.4 is 5.69 Å². The molecule has 1 saturated heterocycles. The molecule has 3 rings (SSSR count). The maximum atomic E-state index is 11.9. The van der Waals surface area contributed by atoms with E-state index in [-0.39, 0.29) is 11.8 Å². The molecule has 112 valence electrons. The Hall–Kier alpha value is -1.05. The van der Waals surface area contributed by atoms with Crippen LogP contribution in [-0.2, 0) is 17.0 Å². The summed E-state index contributed by atoms with van der Waals surface area (Å²) in [5.74, 6) is 0.761. The van der Waals surface area contributed by atoms with Crippen LogP contribution in [-0.4, -0.2) is 27.5 Å². The summed E-state index contributed by atoms with van der Waals surface area (Å²) in [6.45, 7) is 1.37. The van der Waals surface area contributed by atoms with Gasteiger partial charge in [0.25, 0.3) is 0 Å². The van der Waals surface area contributed by atoms with E-state index in [1.54, 1.807) is 16.3 Å². The van der Waals surface area contributed by atoms with E-state index in [0.717, 1.165) is 29.7 Å². The van der Waals surface area contributed by atoms with Gasteiger partial charge in [-0.15, -0.1) is 5.10 Å². The van der Waals surface area contributed by atoms with E-state index in [1.807, 2.05) is 18.2 Å². The van der Waals surface area contributed by atoms with E-state index in [0.29, 0.717) is 11.7 Å².